The molecule has 0 aliphatic carbocycles. The maximum atomic E-state index is 5.86. The van der Waals surface area contributed by atoms with Crippen LogP contribution in [0, 0.1) is 0 Å². The Morgan fingerprint density at radius 1 is 1.06 bits per heavy atom. The van der Waals surface area contributed by atoms with Crippen molar-refractivity contribution >= 4 is 29.9 Å². The van der Waals surface area contributed by atoms with Gasteiger partial charge < -0.3 is 24.2 Å². The van der Waals surface area contributed by atoms with Crippen molar-refractivity contribution in [2.45, 2.75) is 45.6 Å². The van der Waals surface area contributed by atoms with Crippen LogP contribution in [0.25, 0.3) is 0 Å². The Kier molecular flexibility index (Phi) is 10.1. The highest BCUT2D eigenvalue weighted by Gasteiger charge is 2.19. The van der Waals surface area contributed by atoms with Gasteiger partial charge in [-0.25, -0.2) is 9.98 Å². The number of aliphatic imine (C=N–C) groups is 1. The van der Waals surface area contributed by atoms with Crippen molar-refractivity contribution in [3.05, 3.63) is 71.8 Å². The van der Waals surface area contributed by atoms with Crippen molar-refractivity contribution in [3.8, 4) is 5.75 Å². The summed E-state index contributed by atoms with van der Waals surface area (Å²) in [6.07, 6.45) is 5.12. The number of oxazole rings is 1. The van der Waals surface area contributed by atoms with Gasteiger partial charge in [0.25, 0.3) is 0 Å². The number of nitrogens with one attached hydrogen (secondary N) is 2. The number of rotatable bonds is 9. The molecule has 0 atom stereocenters. The van der Waals surface area contributed by atoms with Crippen LogP contribution in [0.2, 0.25) is 0 Å². The number of methoxy groups -OCH3 is 1. The van der Waals surface area contributed by atoms with Crippen molar-refractivity contribution in [1.29, 1.82) is 0 Å². The summed E-state index contributed by atoms with van der Waals surface area (Å²) in [5.74, 6) is 3.98. The summed E-state index contributed by atoms with van der Waals surface area (Å²) in [6, 6.07) is 12.0. The van der Waals surface area contributed by atoms with Crippen molar-refractivity contribution in [2.75, 3.05) is 20.2 Å². The second-order valence-electron chi connectivity index (χ2n) is 8.31. The molecular formula is C24H33IN4O3. The fourth-order valence-electron chi connectivity index (χ4n) is 2.93. The van der Waals surface area contributed by atoms with Gasteiger partial charge in [-0.1, -0.05) is 32.9 Å². The number of ether oxygens (including phenoxy) is 1. The molecule has 0 aliphatic heterocycles. The van der Waals surface area contributed by atoms with E-state index in [2.05, 4.69) is 53.5 Å². The zero-order valence-electron chi connectivity index (χ0n) is 19.2. The van der Waals surface area contributed by atoms with E-state index in [0.29, 0.717) is 19.0 Å². The first-order valence-corrected chi connectivity index (χ1v) is 10.6. The van der Waals surface area contributed by atoms with E-state index in [1.165, 1.54) is 5.56 Å². The van der Waals surface area contributed by atoms with Gasteiger partial charge >= 0.3 is 0 Å². The second-order valence-corrected chi connectivity index (χ2v) is 8.31. The van der Waals surface area contributed by atoms with Crippen LogP contribution < -0.4 is 15.4 Å². The molecule has 0 amide bonds. The third kappa shape index (κ3) is 8.22. The van der Waals surface area contributed by atoms with E-state index in [-0.39, 0.29) is 29.4 Å². The number of aromatic nitrogens is 1. The topological polar surface area (TPSA) is 84.8 Å². The number of hydrogen-bond donors (Lipinski definition) is 2. The molecule has 7 nitrogen and oxygen atoms in total. The van der Waals surface area contributed by atoms with E-state index < -0.39 is 0 Å². The van der Waals surface area contributed by atoms with Crippen LogP contribution >= 0.6 is 24.0 Å². The Labute approximate surface area is 207 Å². The summed E-state index contributed by atoms with van der Waals surface area (Å²) in [5, 5.41) is 6.75. The molecule has 0 fully saturated rings. The number of guanidine groups is 1. The van der Waals surface area contributed by atoms with E-state index in [4.69, 9.17) is 13.6 Å². The molecule has 0 saturated heterocycles. The lowest BCUT2D eigenvalue weighted by Crippen LogP contribution is -2.39. The van der Waals surface area contributed by atoms with Crippen molar-refractivity contribution in [2.24, 2.45) is 4.99 Å². The summed E-state index contributed by atoms with van der Waals surface area (Å²) in [4.78, 5) is 9.02. The molecule has 2 aromatic heterocycles. The van der Waals surface area contributed by atoms with Gasteiger partial charge in [-0.15, -0.1) is 24.0 Å². The molecule has 0 unspecified atom stereocenters. The van der Waals surface area contributed by atoms with E-state index in [0.717, 1.165) is 42.6 Å². The Morgan fingerprint density at radius 2 is 1.78 bits per heavy atom. The van der Waals surface area contributed by atoms with Gasteiger partial charge in [-0.05, 0) is 36.2 Å². The monoisotopic (exact) mass is 552 g/mol. The van der Waals surface area contributed by atoms with E-state index >= 15 is 0 Å². The standard InChI is InChI=1S/C24H32N4O3.HI/c1-24(2,3)21-16-27-22(31-21)17-28-23(26-14-12-20-6-5-15-30-20)25-13-11-18-7-9-19(29-4)10-8-18;/h5-10,15-16H,11-14,17H2,1-4H3,(H2,25,26,28);1H. The maximum Gasteiger partial charge on any atom is 0.216 e. The van der Waals surface area contributed by atoms with Crippen LogP contribution in [0.3, 0.4) is 0 Å². The number of nitrogens with zero attached hydrogens (tertiary/aromatic N) is 2. The van der Waals surface area contributed by atoms with Gasteiger partial charge in [0.1, 0.15) is 23.8 Å². The summed E-state index contributed by atoms with van der Waals surface area (Å²) >= 11 is 0. The number of furan rings is 1. The van der Waals surface area contributed by atoms with Crippen LogP contribution in [0.5, 0.6) is 5.75 Å². The molecular weight excluding hydrogens is 519 g/mol. The molecule has 0 saturated carbocycles. The van der Waals surface area contributed by atoms with Crippen LogP contribution in [-0.2, 0) is 24.8 Å². The fraction of sp³-hybridized carbons (Fsp3) is 0.417. The average Bonchev–Trinajstić information content (AvgIpc) is 3.44. The lowest BCUT2D eigenvalue weighted by Gasteiger charge is -2.13. The van der Waals surface area contributed by atoms with Crippen molar-refractivity contribution < 1.29 is 13.6 Å². The van der Waals surface area contributed by atoms with Crippen LogP contribution in [0.4, 0.5) is 0 Å². The Hall–Kier alpha value is -2.49. The molecule has 8 heteroatoms. The highest BCUT2D eigenvalue weighted by Crippen LogP contribution is 2.22. The molecule has 32 heavy (non-hydrogen) atoms. The first kappa shape index (κ1) is 25.8. The van der Waals surface area contributed by atoms with Crippen LogP contribution in [-0.4, -0.2) is 31.1 Å². The van der Waals surface area contributed by atoms with Gasteiger partial charge in [0, 0.05) is 24.9 Å². The SMILES string of the molecule is COc1ccc(CCNC(=NCc2ncc(C(C)(C)C)o2)NCCc2ccco2)cc1.I. The number of hydrogen-bond acceptors (Lipinski definition) is 5. The molecule has 2 N–H and O–H groups in total. The van der Waals surface area contributed by atoms with Crippen LogP contribution in [0.1, 0.15) is 43.7 Å². The highest BCUT2D eigenvalue weighted by atomic mass is 127. The number of benzene rings is 1. The minimum Gasteiger partial charge on any atom is -0.497 e. The quantitative estimate of drug-likeness (QED) is 0.227. The van der Waals surface area contributed by atoms with E-state index in [1.807, 2.05) is 24.3 Å². The predicted octanol–water partition coefficient (Wildman–Crippen LogP) is 4.71. The molecule has 0 aliphatic rings. The van der Waals surface area contributed by atoms with Gasteiger partial charge in [-0.3, -0.25) is 0 Å². The van der Waals surface area contributed by atoms with Gasteiger partial charge in [0.15, 0.2) is 5.96 Å². The molecule has 174 valence electrons. The number of halogens is 1. The fourth-order valence-corrected chi connectivity index (χ4v) is 2.93. The van der Waals surface area contributed by atoms with Gasteiger partial charge in [0.2, 0.25) is 5.89 Å². The van der Waals surface area contributed by atoms with E-state index in [1.54, 1.807) is 19.6 Å². The smallest absolute Gasteiger partial charge is 0.216 e. The molecule has 0 radical (unpaired) electrons. The third-order valence-electron chi connectivity index (χ3n) is 4.77. The first-order chi connectivity index (χ1) is 14.9. The minimum atomic E-state index is -0.0737. The normalized spacial score (nSPS) is 11.7. The van der Waals surface area contributed by atoms with Crippen molar-refractivity contribution in [1.82, 2.24) is 15.6 Å². The second kappa shape index (κ2) is 12.5. The van der Waals surface area contributed by atoms with Gasteiger partial charge in [-0.2, -0.15) is 0 Å². The molecule has 2 heterocycles. The Bertz CT molecular complexity index is 945. The Balaban J connectivity index is 0.00000363. The zero-order valence-corrected chi connectivity index (χ0v) is 21.5. The summed E-state index contributed by atoms with van der Waals surface area (Å²) in [5.41, 5.74) is 1.15. The summed E-state index contributed by atoms with van der Waals surface area (Å²) in [6.45, 7) is 8.13. The lowest BCUT2D eigenvalue weighted by molar-refractivity contribution is 0.383. The van der Waals surface area contributed by atoms with Gasteiger partial charge in [0.05, 0.1) is 19.6 Å². The highest BCUT2D eigenvalue weighted by molar-refractivity contribution is 14.0. The molecule has 1 aromatic carbocycles. The molecule has 0 bridgehead atoms. The first-order valence-electron chi connectivity index (χ1n) is 10.6. The summed E-state index contributed by atoms with van der Waals surface area (Å²) < 4.78 is 16.5. The predicted molar refractivity (Wildman–Crippen MR) is 137 cm³/mol. The molecule has 3 rings (SSSR count). The van der Waals surface area contributed by atoms with Crippen LogP contribution in [0.15, 0.2) is 62.7 Å². The molecule has 0 spiro atoms. The maximum absolute atomic E-state index is 5.86. The largest absolute Gasteiger partial charge is 0.497 e. The third-order valence-corrected chi connectivity index (χ3v) is 4.77. The molecule has 3 aromatic rings. The minimum absolute atomic E-state index is 0. The average molecular weight is 552 g/mol. The Morgan fingerprint density at radius 3 is 2.38 bits per heavy atom. The summed E-state index contributed by atoms with van der Waals surface area (Å²) in [7, 11) is 1.67. The lowest BCUT2D eigenvalue weighted by atomic mass is 9.94. The van der Waals surface area contributed by atoms with Crippen molar-refractivity contribution in [3.63, 3.8) is 0 Å². The zero-order chi connectivity index (χ0) is 22.1. The van der Waals surface area contributed by atoms with E-state index in [9.17, 15) is 0 Å².